The molecule has 0 radical (unpaired) electrons. The van der Waals surface area contributed by atoms with E-state index in [2.05, 4.69) is 55.3 Å². The summed E-state index contributed by atoms with van der Waals surface area (Å²) >= 11 is 0. The fourth-order valence-corrected chi connectivity index (χ4v) is 3.09. The van der Waals surface area contributed by atoms with Crippen LogP contribution >= 0.6 is 0 Å². The molecule has 0 bridgehead atoms. The summed E-state index contributed by atoms with van der Waals surface area (Å²) in [6.45, 7) is 9.92. The SMILES string of the molecule is CCN(Cc1ccc(CNC(C)C)cc1)C1CCCC1. The summed E-state index contributed by atoms with van der Waals surface area (Å²) in [5, 5.41) is 3.47. The fourth-order valence-electron chi connectivity index (χ4n) is 3.09. The molecule has 1 aromatic carbocycles. The molecular formula is C18H30N2. The molecule has 0 spiro atoms. The van der Waals surface area contributed by atoms with Gasteiger partial charge in [-0.15, -0.1) is 0 Å². The van der Waals surface area contributed by atoms with Crippen molar-refractivity contribution in [2.24, 2.45) is 0 Å². The van der Waals surface area contributed by atoms with Gasteiger partial charge in [0.05, 0.1) is 0 Å². The van der Waals surface area contributed by atoms with Crippen molar-refractivity contribution < 1.29 is 0 Å². The van der Waals surface area contributed by atoms with Crippen LogP contribution in [0.15, 0.2) is 24.3 Å². The average molecular weight is 274 g/mol. The van der Waals surface area contributed by atoms with E-state index < -0.39 is 0 Å². The summed E-state index contributed by atoms with van der Waals surface area (Å²) in [6.07, 6.45) is 5.62. The van der Waals surface area contributed by atoms with E-state index in [1.165, 1.54) is 43.4 Å². The van der Waals surface area contributed by atoms with Crippen LogP contribution in [0.2, 0.25) is 0 Å². The normalized spacial score (nSPS) is 16.4. The molecule has 1 saturated carbocycles. The first-order valence-corrected chi connectivity index (χ1v) is 8.24. The first kappa shape index (κ1) is 15.5. The number of nitrogens with one attached hydrogen (secondary N) is 1. The molecule has 1 aliphatic rings. The molecule has 1 fully saturated rings. The van der Waals surface area contributed by atoms with Gasteiger partial charge < -0.3 is 5.32 Å². The molecule has 20 heavy (non-hydrogen) atoms. The van der Waals surface area contributed by atoms with Crippen LogP contribution in [0.1, 0.15) is 57.6 Å². The summed E-state index contributed by atoms with van der Waals surface area (Å²) in [5.74, 6) is 0. The second-order valence-corrected chi connectivity index (χ2v) is 6.35. The van der Waals surface area contributed by atoms with E-state index in [4.69, 9.17) is 0 Å². The van der Waals surface area contributed by atoms with Crippen LogP contribution in [0.5, 0.6) is 0 Å². The zero-order valence-corrected chi connectivity index (χ0v) is 13.4. The Hall–Kier alpha value is -0.860. The van der Waals surface area contributed by atoms with Crippen molar-refractivity contribution in [3.8, 4) is 0 Å². The monoisotopic (exact) mass is 274 g/mol. The molecule has 112 valence electrons. The second-order valence-electron chi connectivity index (χ2n) is 6.35. The number of benzene rings is 1. The molecule has 0 atom stereocenters. The molecule has 2 rings (SSSR count). The quantitative estimate of drug-likeness (QED) is 0.810. The van der Waals surface area contributed by atoms with Gasteiger partial charge >= 0.3 is 0 Å². The van der Waals surface area contributed by atoms with Gasteiger partial charge in [-0.25, -0.2) is 0 Å². The van der Waals surface area contributed by atoms with Crippen molar-refractivity contribution in [2.75, 3.05) is 6.54 Å². The van der Waals surface area contributed by atoms with E-state index in [1.807, 2.05) is 0 Å². The topological polar surface area (TPSA) is 15.3 Å². The maximum absolute atomic E-state index is 3.47. The lowest BCUT2D eigenvalue weighted by molar-refractivity contribution is 0.200. The minimum atomic E-state index is 0.549. The third-order valence-corrected chi connectivity index (χ3v) is 4.37. The Bertz CT molecular complexity index is 377. The second kappa shape index (κ2) is 7.80. The first-order valence-electron chi connectivity index (χ1n) is 8.24. The summed E-state index contributed by atoms with van der Waals surface area (Å²) in [7, 11) is 0. The number of hydrogen-bond donors (Lipinski definition) is 1. The highest BCUT2D eigenvalue weighted by Gasteiger charge is 2.21. The molecule has 0 heterocycles. The van der Waals surface area contributed by atoms with Gasteiger partial charge in [0.2, 0.25) is 0 Å². The molecule has 1 aromatic rings. The van der Waals surface area contributed by atoms with Gasteiger partial charge in [0.25, 0.3) is 0 Å². The van der Waals surface area contributed by atoms with Gasteiger partial charge in [-0.3, -0.25) is 4.90 Å². The molecule has 0 saturated heterocycles. The summed E-state index contributed by atoms with van der Waals surface area (Å²) < 4.78 is 0. The van der Waals surface area contributed by atoms with E-state index in [-0.39, 0.29) is 0 Å². The van der Waals surface area contributed by atoms with Gasteiger partial charge in [0.15, 0.2) is 0 Å². The molecule has 2 nitrogen and oxygen atoms in total. The zero-order valence-electron chi connectivity index (χ0n) is 13.4. The molecule has 0 aromatic heterocycles. The summed E-state index contributed by atoms with van der Waals surface area (Å²) in [5.41, 5.74) is 2.83. The third kappa shape index (κ3) is 4.60. The van der Waals surface area contributed by atoms with Crippen molar-refractivity contribution in [1.29, 1.82) is 0 Å². The van der Waals surface area contributed by atoms with Gasteiger partial charge in [0, 0.05) is 25.2 Å². The zero-order chi connectivity index (χ0) is 14.4. The Morgan fingerprint density at radius 2 is 1.70 bits per heavy atom. The highest BCUT2D eigenvalue weighted by molar-refractivity contribution is 5.22. The average Bonchev–Trinajstić information content (AvgIpc) is 2.97. The maximum atomic E-state index is 3.47. The van der Waals surface area contributed by atoms with E-state index >= 15 is 0 Å². The van der Waals surface area contributed by atoms with Gasteiger partial charge in [-0.05, 0) is 30.5 Å². The lowest BCUT2D eigenvalue weighted by atomic mass is 10.1. The Morgan fingerprint density at radius 3 is 2.25 bits per heavy atom. The highest BCUT2D eigenvalue weighted by Crippen LogP contribution is 2.24. The van der Waals surface area contributed by atoms with Crippen molar-refractivity contribution in [3.63, 3.8) is 0 Å². The summed E-state index contributed by atoms with van der Waals surface area (Å²) in [6, 6.07) is 10.5. The minimum absolute atomic E-state index is 0.549. The Balaban J connectivity index is 1.88. The predicted molar refractivity (Wildman–Crippen MR) is 86.8 cm³/mol. The number of nitrogens with zero attached hydrogens (tertiary/aromatic N) is 1. The molecule has 1 aliphatic carbocycles. The van der Waals surface area contributed by atoms with Crippen molar-refractivity contribution in [1.82, 2.24) is 10.2 Å². The van der Waals surface area contributed by atoms with E-state index in [0.717, 1.165) is 19.1 Å². The Morgan fingerprint density at radius 1 is 1.10 bits per heavy atom. The third-order valence-electron chi connectivity index (χ3n) is 4.37. The number of hydrogen-bond acceptors (Lipinski definition) is 2. The largest absolute Gasteiger partial charge is 0.310 e. The van der Waals surface area contributed by atoms with Crippen LogP contribution in [0, 0.1) is 0 Å². The van der Waals surface area contributed by atoms with E-state index in [1.54, 1.807) is 0 Å². The summed E-state index contributed by atoms with van der Waals surface area (Å²) in [4.78, 5) is 2.65. The van der Waals surface area contributed by atoms with E-state index in [0.29, 0.717) is 6.04 Å². The maximum Gasteiger partial charge on any atom is 0.0236 e. The standard InChI is InChI=1S/C18H30N2/c1-4-20(18-7-5-6-8-18)14-17-11-9-16(10-12-17)13-19-15(2)3/h9-12,15,18-19H,4-8,13-14H2,1-3H3. The Kier molecular flexibility index (Phi) is 6.06. The highest BCUT2D eigenvalue weighted by atomic mass is 15.1. The van der Waals surface area contributed by atoms with Crippen molar-refractivity contribution >= 4 is 0 Å². The molecule has 0 amide bonds. The lowest BCUT2D eigenvalue weighted by Gasteiger charge is -2.27. The molecule has 1 N–H and O–H groups in total. The molecule has 0 unspecified atom stereocenters. The van der Waals surface area contributed by atoms with E-state index in [9.17, 15) is 0 Å². The molecular weight excluding hydrogens is 244 g/mol. The lowest BCUT2D eigenvalue weighted by Crippen LogP contribution is -2.32. The van der Waals surface area contributed by atoms with Gasteiger partial charge in [-0.1, -0.05) is 57.9 Å². The predicted octanol–water partition coefficient (Wildman–Crippen LogP) is 3.95. The van der Waals surface area contributed by atoms with Crippen LogP contribution in [0.3, 0.4) is 0 Å². The Labute approximate surface area is 124 Å². The first-order chi connectivity index (χ1) is 9.69. The van der Waals surface area contributed by atoms with Crippen LogP contribution in [0.25, 0.3) is 0 Å². The number of rotatable bonds is 7. The molecule has 2 heteroatoms. The van der Waals surface area contributed by atoms with Crippen LogP contribution in [-0.2, 0) is 13.1 Å². The smallest absolute Gasteiger partial charge is 0.0236 e. The van der Waals surface area contributed by atoms with Gasteiger partial charge in [-0.2, -0.15) is 0 Å². The van der Waals surface area contributed by atoms with Crippen LogP contribution in [0.4, 0.5) is 0 Å². The van der Waals surface area contributed by atoms with Crippen molar-refractivity contribution in [2.45, 2.75) is 71.6 Å². The minimum Gasteiger partial charge on any atom is -0.310 e. The fraction of sp³-hybridized carbons (Fsp3) is 0.667. The van der Waals surface area contributed by atoms with Crippen molar-refractivity contribution in [3.05, 3.63) is 35.4 Å². The molecule has 0 aliphatic heterocycles. The van der Waals surface area contributed by atoms with Gasteiger partial charge in [0.1, 0.15) is 0 Å². The van der Waals surface area contributed by atoms with Crippen LogP contribution < -0.4 is 5.32 Å². The van der Waals surface area contributed by atoms with Crippen LogP contribution in [-0.4, -0.2) is 23.5 Å².